The van der Waals surface area contributed by atoms with Gasteiger partial charge in [-0.25, -0.2) is 0 Å². The van der Waals surface area contributed by atoms with Gasteiger partial charge in [0.15, 0.2) is 0 Å². The summed E-state index contributed by atoms with van der Waals surface area (Å²) in [6, 6.07) is 0. The van der Waals surface area contributed by atoms with Gasteiger partial charge in [0.05, 0.1) is 18.8 Å². The molecule has 1 saturated heterocycles. The van der Waals surface area contributed by atoms with Gasteiger partial charge >= 0.3 is 0 Å². The lowest BCUT2D eigenvalue weighted by Gasteiger charge is -2.11. The molecule has 1 aliphatic heterocycles. The Morgan fingerprint density at radius 1 is 1.67 bits per heavy atom. The van der Waals surface area contributed by atoms with Crippen LogP contribution >= 0.6 is 0 Å². The second kappa shape index (κ2) is 2.67. The van der Waals surface area contributed by atoms with E-state index in [2.05, 4.69) is 0 Å². The van der Waals surface area contributed by atoms with Crippen molar-refractivity contribution in [1.29, 1.82) is 0 Å². The average molecular weight is 130 g/mol. The fourth-order valence-corrected chi connectivity index (χ4v) is 1.20. The molecule has 1 rings (SSSR count). The van der Waals surface area contributed by atoms with Crippen LogP contribution in [0.1, 0.15) is 20.3 Å². The molecule has 0 saturated carbocycles. The SMILES string of the molecule is CCC1OCC(C)C1O. The molecule has 9 heavy (non-hydrogen) atoms. The van der Waals surface area contributed by atoms with Crippen LogP contribution in [0.25, 0.3) is 0 Å². The van der Waals surface area contributed by atoms with E-state index < -0.39 is 0 Å². The highest BCUT2D eigenvalue weighted by atomic mass is 16.5. The molecular weight excluding hydrogens is 116 g/mol. The third-order valence-corrected chi connectivity index (χ3v) is 1.94. The molecule has 2 heteroatoms. The molecule has 1 heterocycles. The van der Waals surface area contributed by atoms with Gasteiger partial charge in [-0.15, -0.1) is 0 Å². The number of rotatable bonds is 1. The Bertz CT molecular complexity index is 92.9. The largest absolute Gasteiger partial charge is 0.390 e. The van der Waals surface area contributed by atoms with Gasteiger partial charge < -0.3 is 9.84 Å². The summed E-state index contributed by atoms with van der Waals surface area (Å²) in [5, 5.41) is 9.33. The van der Waals surface area contributed by atoms with Crippen LogP contribution in [0.2, 0.25) is 0 Å². The summed E-state index contributed by atoms with van der Waals surface area (Å²) in [5.41, 5.74) is 0. The first kappa shape index (κ1) is 7.03. The standard InChI is InChI=1S/C7H14O2/c1-3-6-7(8)5(2)4-9-6/h5-8H,3-4H2,1-2H3. The van der Waals surface area contributed by atoms with Crippen molar-refractivity contribution < 1.29 is 9.84 Å². The van der Waals surface area contributed by atoms with E-state index in [4.69, 9.17) is 4.74 Å². The van der Waals surface area contributed by atoms with Crippen LogP contribution in [0.4, 0.5) is 0 Å². The van der Waals surface area contributed by atoms with E-state index in [1.54, 1.807) is 0 Å². The van der Waals surface area contributed by atoms with E-state index in [1.807, 2.05) is 13.8 Å². The minimum absolute atomic E-state index is 0.0972. The minimum atomic E-state index is -0.227. The maximum Gasteiger partial charge on any atom is 0.0849 e. The number of ether oxygens (including phenoxy) is 1. The van der Waals surface area contributed by atoms with Gasteiger partial charge in [0.25, 0.3) is 0 Å². The number of aliphatic hydroxyl groups excluding tert-OH is 1. The van der Waals surface area contributed by atoms with Crippen LogP contribution in [-0.2, 0) is 4.74 Å². The molecule has 1 fully saturated rings. The Kier molecular flexibility index (Phi) is 2.09. The molecule has 0 aromatic carbocycles. The van der Waals surface area contributed by atoms with Gasteiger partial charge in [-0.2, -0.15) is 0 Å². The van der Waals surface area contributed by atoms with Crippen molar-refractivity contribution in [2.24, 2.45) is 5.92 Å². The molecule has 1 N–H and O–H groups in total. The smallest absolute Gasteiger partial charge is 0.0849 e. The summed E-state index contributed by atoms with van der Waals surface area (Å²) in [7, 11) is 0. The summed E-state index contributed by atoms with van der Waals surface area (Å²) in [6.45, 7) is 4.77. The zero-order valence-electron chi connectivity index (χ0n) is 6.00. The predicted octanol–water partition coefficient (Wildman–Crippen LogP) is 0.792. The Hall–Kier alpha value is -0.0800. The molecule has 0 aromatic heterocycles. The van der Waals surface area contributed by atoms with Gasteiger partial charge in [0.2, 0.25) is 0 Å². The lowest BCUT2D eigenvalue weighted by molar-refractivity contribution is 0.0375. The first-order valence-corrected chi connectivity index (χ1v) is 3.55. The maximum atomic E-state index is 9.33. The summed E-state index contributed by atoms with van der Waals surface area (Å²) in [6.07, 6.45) is 0.792. The zero-order chi connectivity index (χ0) is 6.85. The Morgan fingerprint density at radius 3 is 2.56 bits per heavy atom. The van der Waals surface area contributed by atoms with Gasteiger partial charge in [0, 0.05) is 5.92 Å². The van der Waals surface area contributed by atoms with Crippen molar-refractivity contribution in [2.75, 3.05) is 6.61 Å². The van der Waals surface area contributed by atoms with E-state index in [0.717, 1.165) is 13.0 Å². The van der Waals surface area contributed by atoms with Crippen LogP contribution in [0.3, 0.4) is 0 Å². The number of hydrogen-bond donors (Lipinski definition) is 1. The highest BCUT2D eigenvalue weighted by molar-refractivity contribution is 4.79. The van der Waals surface area contributed by atoms with Gasteiger partial charge in [-0.3, -0.25) is 0 Å². The molecule has 0 bridgehead atoms. The average Bonchev–Trinajstić information content (AvgIpc) is 2.15. The summed E-state index contributed by atoms with van der Waals surface area (Å²) >= 11 is 0. The molecule has 3 unspecified atom stereocenters. The fraction of sp³-hybridized carbons (Fsp3) is 1.00. The fourth-order valence-electron chi connectivity index (χ4n) is 1.20. The van der Waals surface area contributed by atoms with Crippen molar-refractivity contribution in [3.8, 4) is 0 Å². The molecule has 0 aromatic rings. The normalized spacial score (nSPS) is 43.7. The predicted molar refractivity (Wildman–Crippen MR) is 35.2 cm³/mol. The van der Waals surface area contributed by atoms with E-state index in [-0.39, 0.29) is 12.2 Å². The molecule has 1 aliphatic rings. The Labute approximate surface area is 55.8 Å². The molecule has 54 valence electrons. The van der Waals surface area contributed by atoms with E-state index >= 15 is 0 Å². The Morgan fingerprint density at radius 2 is 2.33 bits per heavy atom. The zero-order valence-corrected chi connectivity index (χ0v) is 6.00. The second-order valence-corrected chi connectivity index (χ2v) is 2.75. The maximum absolute atomic E-state index is 9.33. The van der Waals surface area contributed by atoms with Crippen molar-refractivity contribution in [3.63, 3.8) is 0 Å². The van der Waals surface area contributed by atoms with E-state index in [9.17, 15) is 5.11 Å². The monoisotopic (exact) mass is 130 g/mol. The van der Waals surface area contributed by atoms with Crippen molar-refractivity contribution in [2.45, 2.75) is 32.5 Å². The summed E-state index contributed by atoms with van der Waals surface area (Å²) in [4.78, 5) is 0. The molecule has 0 aliphatic carbocycles. The summed E-state index contributed by atoms with van der Waals surface area (Å²) in [5.74, 6) is 0.329. The topological polar surface area (TPSA) is 29.5 Å². The van der Waals surface area contributed by atoms with Gasteiger partial charge in [-0.05, 0) is 6.42 Å². The van der Waals surface area contributed by atoms with E-state index in [0.29, 0.717) is 5.92 Å². The van der Waals surface area contributed by atoms with Crippen molar-refractivity contribution >= 4 is 0 Å². The molecule has 0 radical (unpaired) electrons. The number of aliphatic hydroxyl groups is 1. The van der Waals surface area contributed by atoms with Crippen LogP contribution in [0.5, 0.6) is 0 Å². The third-order valence-electron chi connectivity index (χ3n) is 1.94. The van der Waals surface area contributed by atoms with Crippen LogP contribution < -0.4 is 0 Å². The third kappa shape index (κ3) is 1.25. The molecule has 3 atom stereocenters. The second-order valence-electron chi connectivity index (χ2n) is 2.75. The van der Waals surface area contributed by atoms with Gasteiger partial charge in [0.1, 0.15) is 0 Å². The first-order valence-electron chi connectivity index (χ1n) is 3.55. The molecule has 0 amide bonds. The highest BCUT2D eigenvalue weighted by Gasteiger charge is 2.30. The highest BCUT2D eigenvalue weighted by Crippen LogP contribution is 2.21. The van der Waals surface area contributed by atoms with E-state index in [1.165, 1.54) is 0 Å². The first-order chi connectivity index (χ1) is 4.25. The lowest BCUT2D eigenvalue weighted by atomic mass is 10.0. The van der Waals surface area contributed by atoms with Crippen LogP contribution in [-0.4, -0.2) is 23.9 Å². The van der Waals surface area contributed by atoms with Gasteiger partial charge in [-0.1, -0.05) is 13.8 Å². The van der Waals surface area contributed by atoms with Crippen LogP contribution in [0.15, 0.2) is 0 Å². The van der Waals surface area contributed by atoms with Crippen LogP contribution in [0, 0.1) is 5.92 Å². The lowest BCUT2D eigenvalue weighted by Crippen LogP contribution is -2.23. The Balaban J connectivity index is 2.41. The van der Waals surface area contributed by atoms with Crippen molar-refractivity contribution in [3.05, 3.63) is 0 Å². The quantitative estimate of drug-likeness (QED) is 0.568. The molecule has 0 spiro atoms. The minimum Gasteiger partial charge on any atom is -0.390 e. The molecular formula is C7H14O2. The summed E-state index contributed by atoms with van der Waals surface area (Å²) < 4.78 is 5.28. The molecule has 2 nitrogen and oxygen atoms in total. The number of hydrogen-bond acceptors (Lipinski definition) is 2. The van der Waals surface area contributed by atoms with Crippen molar-refractivity contribution in [1.82, 2.24) is 0 Å².